The molecule has 0 spiro atoms. The van der Waals surface area contributed by atoms with Crippen molar-refractivity contribution in [3.63, 3.8) is 0 Å². The van der Waals surface area contributed by atoms with Crippen LogP contribution in [0.1, 0.15) is 37.8 Å². The molecule has 6 heterocycles. The molecule has 6 rings (SSSR count). The number of halogens is 2. The van der Waals surface area contributed by atoms with Crippen molar-refractivity contribution in [3.05, 3.63) is 52.6 Å². The Kier molecular flexibility index (Phi) is 8.87. The van der Waals surface area contributed by atoms with Crippen LogP contribution in [0.4, 0.5) is 14.6 Å². The Balaban J connectivity index is 1.48. The Morgan fingerprint density at radius 3 is 2.64 bits per heavy atom. The second-order valence-electron chi connectivity index (χ2n) is 11.3. The summed E-state index contributed by atoms with van der Waals surface area (Å²) in [5, 5.41) is 19.6. The van der Waals surface area contributed by atoms with Crippen LogP contribution in [0.25, 0.3) is 23.1 Å². The minimum absolute atomic E-state index is 0.00269. The zero-order valence-corrected chi connectivity index (χ0v) is 24.5. The second-order valence-corrected chi connectivity index (χ2v) is 11.3. The smallest absolute Gasteiger partial charge is 0.319 e. The molecule has 3 aliphatic heterocycles. The normalized spacial score (nSPS) is 19.4. The van der Waals surface area contributed by atoms with Gasteiger partial charge in [-0.3, -0.25) is 14.9 Å². The molecule has 3 aromatic heterocycles. The topological polar surface area (TPSA) is 126 Å². The van der Waals surface area contributed by atoms with Crippen LogP contribution in [0.15, 0.2) is 24.7 Å². The highest BCUT2D eigenvalue weighted by atomic mass is 19.1. The molecular formula is C31H36F2N6O5. The van der Waals surface area contributed by atoms with Crippen molar-refractivity contribution in [2.24, 2.45) is 0 Å². The summed E-state index contributed by atoms with van der Waals surface area (Å²) in [6.45, 7) is 7.69. The minimum atomic E-state index is -0.831. The quantitative estimate of drug-likeness (QED) is 0.346. The number of allylic oxidation sites excluding steroid dienone is 1. The van der Waals surface area contributed by atoms with E-state index in [0.717, 1.165) is 51.4 Å². The first-order valence-corrected chi connectivity index (χ1v) is 14.9. The zero-order chi connectivity index (χ0) is 30.7. The fourth-order valence-electron chi connectivity index (χ4n) is 6.40. The molecule has 234 valence electrons. The van der Waals surface area contributed by atoms with Crippen LogP contribution in [0, 0.1) is 11.6 Å². The van der Waals surface area contributed by atoms with Crippen LogP contribution in [0.2, 0.25) is 0 Å². The summed E-state index contributed by atoms with van der Waals surface area (Å²) in [6.07, 6.45) is 9.93. The molecule has 13 heteroatoms. The maximum atomic E-state index is 16.4. The highest BCUT2D eigenvalue weighted by Crippen LogP contribution is 2.39. The molecule has 44 heavy (non-hydrogen) atoms. The standard InChI is InChI=1S/C31H36F2N6O5/c1-20(41)15-24-21(28(43-14-11-40)23(32)18-35-24)16-25-26(33)27-22(17-34-25)29(38-7-4-12-42-13-10-38)37-30(36-27)44-19-31-5-2-8-39(31)9-3-6-31/h15-18,40-41H,1-14,19H2/b21-16-,24-15+. The third-order valence-electron chi connectivity index (χ3n) is 8.45. The molecule has 0 radical (unpaired) electrons. The van der Waals surface area contributed by atoms with Crippen molar-refractivity contribution >= 4 is 28.9 Å². The van der Waals surface area contributed by atoms with E-state index in [4.69, 9.17) is 19.2 Å². The number of fused-ring (bicyclic) bond motifs is 2. The summed E-state index contributed by atoms with van der Waals surface area (Å²) in [7, 11) is 0. The van der Waals surface area contributed by atoms with Gasteiger partial charge in [0.1, 0.15) is 36.0 Å². The van der Waals surface area contributed by atoms with E-state index in [1.54, 1.807) is 0 Å². The Labute approximate surface area is 253 Å². The molecular weight excluding hydrogens is 574 g/mol. The molecule has 2 N–H and O–H groups in total. The van der Waals surface area contributed by atoms with Gasteiger partial charge in [0.15, 0.2) is 17.4 Å². The minimum Gasteiger partial charge on any atom is -0.509 e. The molecule has 0 saturated carbocycles. The molecule has 0 aromatic carbocycles. The summed E-state index contributed by atoms with van der Waals surface area (Å²) in [5.74, 6) is -1.72. The molecule has 3 aromatic rings. The van der Waals surface area contributed by atoms with Crippen LogP contribution in [0.3, 0.4) is 0 Å². The average molecular weight is 611 g/mol. The monoisotopic (exact) mass is 610 g/mol. The molecule has 3 aliphatic rings. The number of pyridine rings is 2. The van der Waals surface area contributed by atoms with E-state index in [9.17, 15) is 14.6 Å². The lowest BCUT2D eigenvalue weighted by atomic mass is 9.95. The number of aromatic nitrogens is 4. The Morgan fingerprint density at radius 2 is 1.86 bits per heavy atom. The maximum Gasteiger partial charge on any atom is 0.319 e. The SMILES string of the molecule is C=C(O)/C=c1/ncc(F)c(OCCO)/c1=C\c1ncc2c(N3CCCOCC3)nc(OCC34CCCN3CCC4)nc2c1F. The summed E-state index contributed by atoms with van der Waals surface area (Å²) in [4.78, 5) is 22.2. The molecule has 0 aliphatic carbocycles. The van der Waals surface area contributed by atoms with Crippen molar-refractivity contribution in [2.45, 2.75) is 37.6 Å². The van der Waals surface area contributed by atoms with Crippen LogP contribution in [-0.4, -0.2) is 99.8 Å². The number of hydrogen-bond donors (Lipinski definition) is 2. The van der Waals surface area contributed by atoms with Gasteiger partial charge in [-0.15, -0.1) is 0 Å². The highest BCUT2D eigenvalue weighted by Gasteiger charge is 2.45. The predicted octanol–water partition coefficient (Wildman–Crippen LogP) is 1.98. The third kappa shape index (κ3) is 6.04. The summed E-state index contributed by atoms with van der Waals surface area (Å²) < 4.78 is 48.6. The predicted molar refractivity (Wildman–Crippen MR) is 159 cm³/mol. The van der Waals surface area contributed by atoms with Gasteiger partial charge in [-0.1, -0.05) is 6.58 Å². The summed E-state index contributed by atoms with van der Waals surface area (Å²) >= 11 is 0. The van der Waals surface area contributed by atoms with Gasteiger partial charge in [-0.05, 0) is 51.3 Å². The van der Waals surface area contributed by atoms with Gasteiger partial charge in [-0.25, -0.2) is 8.78 Å². The Hall–Kier alpha value is -3.94. The fourth-order valence-corrected chi connectivity index (χ4v) is 6.40. The van der Waals surface area contributed by atoms with Crippen molar-refractivity contribution in [2.75, 3.05) is 64.1 Å². The Morgan fingerprint density at radius 1 is 1.05 bits per heavy atom. The molecule has 0 bridgehead atoms. The zero-order valence-electron chi connectivity index (χ0n) is 24.5. The molecule has 3 saturated heterocycles. The van der Waals surface area contributed by atoms with Gasteiger partial charge >= 0.3 is 6.01 Å². The first-order chi connectivity index (χ1) is 21.4. The van der Waals surface area contributed by atoms with E-state index in [0.29, 0.717) is 44.1 Å². The van der Waals surface area contributed by atoms with E-state index in [1.165, 1.54) is 18.3 Å². The van der Waals surface area contributed by atoms with E-state index < -0.39 is 11.6 Å². The van der Waals surface area contributed by atoms with Gasteiger partial charge in [0.05, 0.1) is 35.7 Å². The van der Waals surface area contributed by atoms with Crippen molar-refractivity contribution < 1.29 is 33.2 Å². The Bertz CT molecular complexity index is 1650. The highest BCUT2D eigenvalue weighted by molar-refractivity contribution is 5.90. The third-order valence-corrected chi connectivity index (χ3v) is 8.45. The summed E-state index contributed by atoms with van der Waals surface area (Å²) in [5.41, 5.74) is -0.213. The number of rotatable bonds is 9. The number of hydrogen-bond acceptors (Lipinski definition) is 11. The van der Waals surface area contributed by atoms with Crippen LogP contribution in [-0.2, 0) is 4.74 Å². The lowest BCUT2D eigenvalue weighted by molar-refractivity contribution is 0.108. The van der Waals surface area contributed by atoms with Gasteiger partial charge in [0.25, 0.3) is 0 Å². The molecule has 11 nitrogen and oxygen atoms in total. The van der Waals surface area contributed by atoms with Crippen LogP contribution in [0.5, 0.6) is 11.8 Å². The van der Waals surface area contributed by atoms with E-state index in [2.05, 4.69) is 26.4 Å². The van der Waals surface area contributed by atoms with E-state index in [-0.39, 0.29) is 58.1 Å². The van der Waals surface area contributed by atoms with E-state index >= 15 is 4.39 Å². The van der Waals surface area contributed by atoms with Crippen LogP contribution < -0.4 is 24.9 Å². The first kappa shape index (κ1) is 30.1. The molecule has 3 fully saturated rings. The summed E-state index contributed by atoms with van der Waals surface area (Å²) in [6, 6.07) is 0.0758. The second kappa shape index (κ2) is 13.0. The van der Waals surface area contributed by atoms with E-state index in [1.807, 2.05) is 4.90 Å². The number of ether oxygens (including phenoxy) is 3. The van der Waals surface area contributed by atoms with Gasteiger partial charge in [0, 0.05) is 37.2 Å². The van der Waals surface area contributed by atoms with Gasteiger partial charge in [-0.2, -0.15) is 9.97 Å². The number of nitrogens with zero attached hydrogens (tertiary/aromatic N) is 6. The molecule has 0 unspecified atom stereocenters. The number of anilines is 1. The van der Waals surface area contributed by atoms with Crippen molar-refractivity contribution in [3.8, 4) is 11.8 Å². The van der Waals surface area contributed by atoms with Gasteiger partial charge in [0.2, 0.25) is 0 Å². The maximum absolute atomic E-state index is 16.4. The largest absolute Gasteiger partial charge is 0.509 e. The average Bonchev–Trinajstić information content (AvgIpc) is 3.47. The molecule has 0 atom stereocenters. The number of aliphatic hydroxyl groups is 2. The lowest BCUT2D eigenvalue weighted by Crippen LogP contribution is -2.43. The first-order valence-electron chi connectivity index (χ1n) is 14.9. The number of aliphatic hydroxyl groups excluding tert-OH is 2. The van der Waals surface area contributed by atoms with Gasteiger partial charge < -0.3 is 29.3 Å². The van der Waals surface area contributed by atoms with Crippen LogP contribution >= 0.6 is 0 Å². The molecule has 0 amide bonds. The van der Waals surface area contributed by atoms with Crippen molar-refractivity contribution in [1.29, 1.82) is 0 Å². The fraction of sp³-hybridized carbons (Fsp3) is 0.484. The lowest BCUT2D eigenvalue weighted by Gasteiger charge is -2.31. The van der Waals surface area contributed by atoms with Crippen molar-refractivity contribution in [1.82, 2.24) is 24.8 Å².